The summed E-state index contributed by atoms with van der Waals surface area (Å²) in [4.78, 5) is 12.4. The second-order valence-electron chi connectivity index (χ2n) is 6.91. The first-order valence-electron chi connectivity index (χ1n) is 9.41. The number of anilines is 1. The molecule has 0 bridgehead atoms. The zero-order valence-electron chi connectivity index (χ0n) is 15.9. The Labute approximate surface area is 170 Å². The number of benzene rings is 1. The van der Waals surface area contributed by atoms with Gasteiger partial charge in [-0.25, -0.2) is 9.97 Å². The number of halogens is 3. The van der Waals surface area contributed by atoms with Crippen LogP contribution in [0.1, 0.15) is 30.0 Å². The molecule has 1 aromatic carbocycles. The second kappa shape index (κ2) is 8.27. The fourth-order valence-electron chi connectivity index (χ4n) is 3.34. The van der Waals surface area contributed by atoms with Gasteiger partial charge in [0.05, 0.1) is 5.56 Å². The number of nitrogens with zero attached hydrogens (tertiary/aromatic N) is 3. The van der Waals surface area contributed by atoms with Crippen LogP contribution in [-0.4, -0.2) is 28.2 Å². The molecule has 2 N–H and O–H groups in total. The number of alkyl halides is 3. The molecule has 2 aromatic heterocycles. The van der Waals surface area contributed by atoms with Crippen molar-refractivity contribution >= 4 is 5.82 Å². The fourth-order valence-corrected chi connectivity index (χ4v) is 3.34. The van der Waals surface area contributed by atoms with Crippen molar-refractivity contribution in [2.24, 2.45) is 0 Å². The van der Waals surface area contributed by atoms with Crippen molar-refractivity contribution in [3.05, 3.63) is 60.2 Å². The molecule has 1 fully saturated rings. The van der Waals surface area contributed by atoms with Gasteiger partial charge >= 0.3 is 6.18 Å². The van der Waals surface area contributed by atoms with Crippen LogP contribution in [-0.2, 0) is 10.9 Å². The first kappa shape index (κ1) is 20.1. The van der Waals surface area contributed by atoms with Crippen molar-refractivity contribution in [3.63, 3.8) is 0 Å². The predicted molar refractivity (Wildman–Crippen MR) is 104 cm³/mol. The van der Waals surface area contributed by atoms with Crippen molar-refractivity contribution < 1.29 is 22.6 Å². The minimum atomic E-state index is -4.49. The van der Waals surface area contributed by atoms with Crippen molar-refractivity contribution in [2.45, 2.75) is 24.9 Å². The highest BCUT2D eigenvalue weighted by Crippen LogP contribution is 2.36. The summed E-state index contributed by atoms with van der Waals surface area (Å²) in [6.45, 7) is 1.34. The van der Waals surface area contributed by atoms with Crippen LogP contribution in [0.3, 0.4) is 0 Å². The van der Waals surface area contributed by atoms with E-state index in [2.05, 4.69) is 15.0 Å². The normalized spacial score (nSPS) is 15.2. The topological polar surface area (TPSA) is 83.2 Å². The lowest BCUT2D eigenvalue weighted by Gasteiger charge is -2.22. The van der Waals surface area contributed by atoms with E-state index in [1.165, 1.54) is 0 Å². The molecule has 0 atom stereocenters. The largest absolute Gasteiger partial charge is 0.437 e. The van der Waals surface area contributed by atoms with E-state index in [1.54, 1.807) is 36.7 Å². The van der Waals surface area contributed by atoms with Gasteiger partial charge in [0.15, 0.2) is 0 Å². The van der Waals surface area contributed by atoms with Crippen molar-refractivity contribution in [3.8, 4) is 22.8 Å². The Morgan fingerprint density at radius 1 is 1.00 bits per heavy atom. The van der Waals surface area contributed by atoms with Gasteiger partial charge in [0.1, 0.15) is 17.3 Å². The Bertz CT molecular complexity index is 1020. The average molecular weight is 416 g/mol. The van der Waals surface area contributed by atoms with Crippen LogP contribution >= 0.6 is 0 Å². The molecule has 0 unspecified atom stereocenters. The summed E-state index contributed by atoms with van der Waals surface area (Å²) < 4.78 is 50.3. The molecule has 1 aliphatic rings. The van der Waals surface area contributed by atoms with E-state index in [-0.39, 0.29) is 17.3 Å². The molecule has 0 saturated carbocycles. The lowest BCUT2D eigenvalue weighted by Crippen LogP contribution is -2.16. The van der Waals surface area contributed by atoms with Crippen LogP contribution in [0.2, 0.25) is 0 Å². The fraction of sp³-hybridized carbons (Fsp3) is 0.286. The van der Waals surface area contributed by atoms with Crippen molar-refractivity contribution in [1.29, 1.82) is 0 Å². The molecule has 0 aliphatic carbocycles. The highest BCUT2D eigenvalue weighted by atomic mass is 19.4. The van der Waals surface area contributed by atoms with E-state index < -0.39 is 11.7 Å². The summed E-state index contributed by atoms with van der Waals surface area (Å²) >= 11 is 0. The van der Waals surface area contributed by atoms with Gasteiger partial charge in [0, 0.05) is 43.3 Å². The molecular weight excluding hydrogens is 397 g/mol. The van der Waals surface area contributed by atoms with E-state index >= 15 is 0 Å². The highest BCUT2D eigenvalue weighted by molar-refractivity contribution is 5.74. The standard InChI is InChI=1S/C21H19F3N4O2/c22-21(23,24)15-11-17(19(25)28-12-15)13-1-3-16(4-2-13)30-20-18(26-7-8-27-20)14-5-9-29-10-6-14/h1-4,7-8,11-12,14H,5-6,9-10H2,(H2,25,28). The van der Waals surface area contributed by atoms with Crippen LogP contribution in [0.4, 0.5) is 19.0 Å². The monoisotopic (exact) mass is 416 g/mol. The van der Waals surface area contributed by atoms with Gasteiger partial charge < -0.3 is 15.2 Å². The summed E-state index contributed by atoms with van der Waals surface area (Å²) in [7, 11) is 0. The Hall–Kier alpha value is -3.20. The van der Waals surface area contributed by atoms with Crippen molar-refractivity contribution in [2.75, 3.05) is 18.9 Å². The Morgan fingerprint density at radius 3 is 2.40 bits per heavy atom. The molecule has 30 heavy (non-hydrogen) atoms. The third-order valence-electron chi connectivity index (χ3n) is 4.92. The number of pyridine rings is 1. The average Bonchev–Trinajstić information content (AvgIpc) is 2.75. The molecule has 3 heterocycles. The van der Waals surface area contributed by atoms with Gasteiger partial charge in [-0.05, 0) is 36.6 Å². The predicted octanol–water partition coefficient (Wildman–Crippen LogP) is 4.83. The molecule has 0 amide bonds. The van der Waals surface area contributed by atoms with E-state index in [1.807, 2.05) is 0 Å². The summed E-state index contributed by atoms with van der Waals surface area (Å²) in [5.74, 6) is 1.13. The molecule has 6 nitrogen and oxygen atoms in total. The highest BCUT2D eigenvalue weighted by Gasteiger charge is 2.31. The van der Waals surface area contributed by atoms with Crippen LogP contribution in [0, 0.1) is 0 Å². The summed E-state index contributed by atoms with van der Waals surface area (Å²) in [5.41, 5.74) is 6.42. The molecule has 4 rings (SSSR count). The molecule has 1 aliphatic heterocycles. The number of aromatic nitrogens is 3. The second-order valence-corrected chi connectivity index (χ2v) is 6.91. The first-order chi connectivity index (χ1) is 14.4. The molecule has 0 radical (unpaired) electrons. The van der Waals surface area contributed by atoms with Crippen LogP contribution < -0.4 is 10.5 Å². The van der Waals surface area contributed by atoms with Gasteiger partial charge in [-0.3, -0.25) is 4.98 Å². The smallest absolute Gasteiger partial charge is 0.417 e. The minimum absolute atomic E-state index is 0.0207. The van der Waals surface area contributed by atoms with E-state index in [0.717, 1.165) is 30.8 Å². The Balaban J connectivity index is 1.57. The quantitative estimate of drug-likeness (QED) is 0.656. The maximum atomic E-state index is 13.0. The number of nitrogen functional groups attached to an aromatic ring is 1. The molecule has 1 saturated heterocycles. The van der Waals surface area contributed by atoms with Gasteiger partial charge in [-0.15, -0.1) is 0 Å². The molecular formula is C21H19F3N4O2. The number of nitrogens with two attached hydrogens (primary N) is 1. The number of rotatable bonds is 4. The zero-order chi connectivity index (χ0) is 21.1. The minimum Gasteiger partial charge on any atom is -0.437 e. The zero-order valence-corrected chi connectivity index (χ0v) is 15.9. The van der Waals surface area contributed by atoms with E-state index in [4.69, 9.17) is 15.2 Å². The lowest BCUT2D eigenvalue weighted by molar-refractivity contribution is -0.137. The van der Waals surface area contributed by atoms with Crippen LogP contribution in [0.15, 0.2) is 48.9 Å². The number of hydrogen-bond acceptors (Lipinski definition) is 6. The van der Waals surface area contributed by atoms with Crippen LogP contribution in [0.5, 0.6) is 11.6 Å². The number of ether oxygens (including phenoxy) is 2. The van der Waals surface area contributed by atoms with Gasteiger partial charge in [0.2, 0.25) is 5.88 Å². The molecule has 3 aromatic rings. The van der Waals surface area contributed by atoms with Crippen LogP contribution in [0.25, 0.3) is 11.1 Å². The summed E-state index contributed by atoms with van der Waals surface area (Å²) in [5, 5.41) is 0. The third-order valence-corrected chi connectivity index (χ3v) is 4.92. The Morgan fingerprint density at radius 2 is 1.70 bits per heavy atom. The van der Waals surface area contributed by atoms with Gasteiger partial charge in [-0.2, -0.15) is 13.2 Å². The van der Waals surface area contributed by atoms with Gasteiger partial charge in [-0.1, -0.05) is 12.1 Å². The molecule has 156 valence electrons. The molecule has 0 spiro atoms. The summed E-state index contributed by atoms with van der Waals surface area (Å²) in [6, 6.07) is 7.56. The van der Waals surface area contributed by atoms with Crippen molar-refractivity contribution in [1.82, 2.24) is 15.0 Å². The SMILES string of the molecule is Nc1ncc(C(F)(F)F)cc1-c1ccc(Oc2nccnc2C2CCOCC2)cc1. The Kier molecular flexibility index (Phi) is 5.54. The maximum absolute atomic E-state index is 13.0. The maximum Gasteiger partial charge on any atom is 0.417 e. The van der Waals surface area contributed by atoms with E-state index in [0.29, 0.717) is 30.4 Å². The van der Waals surface area contributed by atoms with E-state index in [9.17, 15) is 13.2 Å². The molecule has 9 heteroatoms. The third kappa shape index (κ3) is 4.35. The first-order valence-corrected chi connectivity index (χ1v) is 9.41. The number of hydrogen-bond donors (Lipinski definition) is 1. The lowest BCUT2D eigenvalue weighted by atomic mass is 9.96. The van der Waals surface area contributed by atoms with Gasteiger partial charge in [0.25, 0.3) is 0 Å². The summed E-state index contributed by atoms with van der Waals surface area (Å²) in [6.07, 6.45) is 1.10.